The van der Waals surface area contributed by atoms with Crippen molar-refractivity contribution in [3.63, 3.8) is 0 Å². The number of nitrogens with zero attached hydrogens (tertiary/aromatic N) is 1. The normalized spacial score (nSPS) is 13.3. The van der Waals surface area contributed by atoms with Crippen LogP contribution in [0.15, 0.2) is 18.2 Å². The number of aromatic nitrogens is 1. The molecule has 2 heterocycles. The number of rotatable bonds is 2. The number of carbonyl (C=O) groups excluding carboxylic acids is 1. The van der Waals surface area contributed by atoms with Crippen LogP contribution in [0.2, 0.25) is 0 Å². The smallest absolute Gasteiger partial charge is 0.231 e. The first-order chi connectivity index (χ1) is 10.3. The van der Waals surface area contributed by atoms with E-state index < -0.39 is 5.41 Å². The third-order valence-corrected chi connectivity index (χ3v) is 4.23. The van der Waals surface area contributed by atoms with Crippen molar-refractivity contribution < 1.29 is 14.3 Å². The van der Waals surface area contributed by atoms with E-state index in [9.17, 15) is 4.79 Å². The summed E-state index contributed by atoms with van der Waals surface area (Å²) in [6, 6.07) is 5.74. The average Bonchev–Trinajstić information content (AvgIpc) is 3.03. The van der Waals surface area contributed by atoms with Crippen molar-refractivity contribution in [1.82, 2.24) is 4.98 Å². The average molecular weight is 318 g/mol. The van der Waals surface area contributed by atoms with Gasteiger partial charge in [-0.05, 0) is 25.1 Å². The maximum absolute atomic E-state index is 12.1. The van der Waals surface area contributed by atoms with Crippen LogP contribution in [0.25, 0.3) is 11.3 Å². The van der Waals surface area contributed by atoms with Crippen LogP contribution in [0, 0.1) is 12.3 Å². The van der Waals surface area contributed by atoms with Gasteiger partial charge in [-0.25, -0.2) is 4.98 Å². The molecule has 0 radical (unpaired) electrons. The highest BCUT2D eigenvalue weighted by atomic mass is 32.1. The van der Waals surface area contributed by atoms with Crippen LogP contribution >= 0.6 is 11.3 Å². The van der Waals surface area contributed by atoms with Gasteiger partial charge in [-0.2, -0.15) is 0 Å². The molecule has 0 unspecified atom stereocenters. The van der Waals surface area contributed by atoms with Crippen LogP contribution in [0.3, 0.4) is 0 Å². The van der Waals surface area contributed by atoms with Gasteiger partial charge in [0.05, 0.1) is 5.69 Å². The molecule has 0 aliphatic carbocycles. The van der Waals surface area contributed by atoms with E-state index in [-0.39, 0.29) is 12.7 Å². The molecule has 1 aliphatic rings. The lowest BCUT2D eigenvalue weighted by atomic mass is 9.96. The fourth-order valence-corrected chi connectivity index (χ4v) is 2.88. The van der Waals surface area contributed by atoms with E-state index in [4.69, 9.17) is 9.47 Å². The number of amides is 1. The maximum Gasteiger partial charge on any atom is 0.231 e. The number of aryl methyl sites for hydroxylation is 1. The molecule has 1 amide bonds. The van der Waals surface area contributed by atoms with Gasteiger partial charge in [0.25, 0.3) is 0 Å². The second-order valence-electron chi connectivity index (χ2n) is 6.20. The number of anilines is 1. The maximum atomic E-state index is 12.1. The van der Waals surface area contributed by atoms with E-state index >= 15 is 0 Å². The number of hydrogen-bond donors (Lipinski definition) is 1. The molecule has 5 nitrogen and oxygen atoms in total. The minimum absolute atomic E-state index is 0.0431. The molecule has 0 saturated carbocycles. The Bertz CT molecular complexity index is 731. The van der Waals surface area contributed by atoms with E-state index in [2.05, 4.69) is 10.3 Å². The number of hydrogen-bond acceptors (Lipinski definition) is 5. The van der Waals surface area contributed by atoms with E-state index in [1.165, 1.54) is 11.3 Å². The standard InChI is InChI=1S/C16H18N2O3S/c1-9-13(10-5-6-11-12(7-10)21-8-20-11)17-15(22-9)18-14(19)16(2,3)4/h5-7H,8H2,1-4H3,(H,17,18,19). The zero-order valence-corrected chi connectivity index (χ0v) is 13.8. The van der Waals surface area contributed by atoms with Gasteiger partial charge in [-0.1, -0.05) is 20.8 Å². The van der Waals surface area contributed by atoms with Gasteiger partial charge < -0.3 is 14.8 Å². The summed E-state index contributed by atoms with van der Waals surface area (Å²) in [5.41, 5.74) is 1.36. The highest BCUT2D eigenvalue weighted by molar-refractivity contribution is 7.16. The predicted octanol–water partition coefficient (Wildman–Crippen LogP) is 3.83. The number of ether oxygens (including phenoxy) is 2. The Morgan fingerprint density at radius 2 is 2.00 bits per heavy atom. The van der Waals surface area contributed by atoms with Crippen LogP contribution in [-0.4, -0.2) is 17.7 Å². The molecule has 22 heavy (non-hydrogen) atoms. The molecule has 1 N–H and O–H groups in total. The van der Waals surface area contributed by atoms with E-state index in [0.29, 0.717) is 5.13 Å². The minimum Gasteiger partial charge on any atom is -0.454 e. The Morgan fingerprint density at radius 1 is 1.27 bits per heavy atom. The Balaban J connectivity index is 1.88. The summed E-state index contributed by atoms with van der Waals surface area (Å²) in [7, 11) is 0. The first-order valence-electron chi connectivity index (χ1n) is 7.03. The van der Waals surface area contributed by atoms with Gasteiger partial charge in [0.1, 0.15) is 0 Å². The van der Waals surface area contributed by atoms with Gasteiger partial charge >= 0.3 is 0 Å². The molecule has 2 aromatic rings. The fraction of sp³-hybridized carbons (Fsp3) is 0.375. The lowest BCUT2D eigenvalue weighted by Gasteiger charge is -2.15. The molecule has 116 valence electrons. The first-order valence-corrected chi connectivity index (χ1v) is 7.85. The number of nitrogens with one attached hydrogen (secondary N) is 1. The summed E-state index contributed by atoms with van der Waals surface area (Å²) < 4.78 is 10.7. The number of fused-ring (bicyclic) bond motifs is 1. The van der Waals surface area contributed by atoms with Crippen molar-refractivity contribution in [1.29, 1.82) is 0 Å². The van der Waals surface area contributed by atoms with Crippen molar-refractivity contribution in [3.8, 4) is 22.8 Å². The SMILES string of the molecule is Cc1sc(NC(=O)C(C)(C)C)nc1-c1ccc2c(c1)OCO2. The molecule has 1 aromatic carbocycles. The summed E-state index contributed by atoms with van der Waals surface area (Å²) >= 11 is 1.47. The molecule has 6 heteroatoms. The zero-order valence-electron chi connectivity index (χ0n) is 13.0. The fourth-order valence-electron chi connectivity index (χ4n) is 2.05. The van der Waals surface area contributed by atoms with Gasteiger partial charge in [-0.3, -0.25) is 4.79 Å². The summed E-state index contributed by atoms with van der Waals surface area (Å²) in [6.45, 7) is 7.87. The topological polar surface area (TPSA) is 60.5 Å². The van der Waals surface area contributed by atoms with E-state index in [1.807, 2.05) is 45.9 Å². The summed E-state index contributed by atoms with van der Waals surface area (Å²) in [4.78, 5) is 17.7. The number of benzene rings is 1. The summed E-state index contributed by atoms with van der Waals surface area (Å²) in [5, 5.41) is 3.49. The number of thiazole rings is 1. The van der Waals surface area contributed by atoms with Crippen LogP contribution in [-0.2, 0) is 4.79 Å². The van der Waals surface area contributed by atoms with Gasteiger partial charge in [0.2, 0.25) is 12.7 Å². The zero-order chi connectivity index (χ0) is 15.9. The van der Waals surface area contributed by atoms with Gasteiger partial charge in [-0.15, -0.1) is 11.3 Å². The lowest BCUT2D eigenvalue weighted by molar-refractivity contribution is -0.123. The van der Waals surface area contributed by atoms with E-state index in [0.717, 1.165) is 27.6 Å². The molecular formula is C16H18N2O3S. The summed E-state index contributed by atoms with van der Waals surface area (Å²) in [5.74, 6) is 1.43. The van der Waals surface area contributed by atoms with Crippen molar-refractivity contribution in [2.75, 3.05) is 12.1 Å². The third kappa shape index (κ3) is 2.78. The molecule has 0 fully saturated rings. The molecule has 3 rings (SSSR count). The minimum atomic E-state index is -0.446. The van der Waals surface area contributed by atoms with Crippen molar-refractivity contribution >= 4 is 22.4 Å². The van der Waals surface area contributed by atoms with Crippen molar-refractivity contribution in [2.45, 2.75) is 27.7 Å². The van der Waals surface area contributed by atoms with Crippen LogP contribution in [0.5, 0.6) is 11.5 Å². The van der Waals surface area contributed by atoms with Crippen LogP contribution in [0.4, 0.5) is 5.13 Å². The second-order valence-corrected chi connectivity index (χ2v) is 7.40. The molecule has 0 spiro atoms. The molecular weight excluding hydrogens is 300 g/mol. The van der Waals surface area contributed by atoms with Gasteiger partial charge in [0, 0.05) is 15.9 Å². The Kier molecular flexibility index (Phi) is 3.56. The van der Waals surface area contributed by atoms with Gasteiger partial charge in [0.15, 0.2) is 16.6 Å². The predicted molar refractivity (Wildman–Crippen MR) is 86.5 cm³/mol. The lowest BCUT2D eigenvalue weighted by Crippen LogP contribution is -2.27. The Hall–Kier alpha value is -2.08. The monoisotopic (exact) mass is 318 g/mol. The largest absolute Gasteiger partial charge is 0.454 e. The quantitative estimate of drug-likeness (QED) is 0.914. The third-order valence-electron chi connectivity index (χ3n) is 3.34. The second kappa shape index (κ2) is 5.28. The van der Waals surface area contributed by atoms with Crippen molar-refractivity contribution in [2.24, 2.45) is 5.41 Å². The molecule has 0 bridgehead atoms. The highest BCUT2D eigenvalue weighted by Crippen LogP contribution is 2.38. The van der Waals surface area contributed by atoms with Crippen LogP contribution in [0.1, 0.15) is 25.6 Å². The summed E-state index contributed by atoms with van der Waals surface area (Å²) in [6.07, 6.45) is 0. The molecule has 0 atom stereocenters. The molecule has 1 aromatic heterocycles. The number of carbonyl (C=O) groups is 1. The Labute approximate surface area is 133 Å². The Morgan fingerprint density at radius 3 is 2.73 bits per heavy atom. The van der Waals surface area contributed by atoms with Crippen molar-refractivity contribution in [3.05, 3.63) is 23.1 Å². The first kappa shape index (κ1) is 14.8. The molecule has 0 saturated heterocycles. The highest BCUT2D eigenvalue weighted by Gasteiger charge is 2.23. The van der Waals surface area contributed by atoms with Crippen LogP contribution < -0.4 is 14.8 Å². The molecule has 1 aliphatic heterocycles. The van der Waals surface area contributed by atoms with E-state index in [1.54, 1.807) is 0 Å².